The molecule has 0 aliphatic heterocycles. The van der Waals surface area contributed by atoms with E-state index in [1.807, 2.05) is 18.2 Å². The van der Waals surface area contributed by atoms with Crippen LogP contribution in [0.25, 0.3) is 0 Å². The lowest BCUT2D eigenvalue weighted by molar-refractivity contribution is 0.102. The minimum atomic E-state index is -3.90. The van der Waals surface area contributed by atoms with Crippen molar-refractivity contribution in [2.24, 2.45) is 0 Å². The quantitative estimate of drug-likeness (QED) is 0.318. The number of nitrogens with zero attached hydrogens (tertiary/aromatic N) is 1. The van der Waals surface area contributed by atoms with Gasteiger partial charge in [0.1, 0.15) is 5.75 Å². The molecule has 4 aromatic carbocycles. The number of ether oxygens (including phenoxy) is 1. The van der Waals surface area contributed by atoms with Crippen molar-refractivity contribution in [3.8, 4) is 5.75 Å². The van der Waals surface area contributed by atoms with E-state index >= 15 is 0 Å². The van der Waals surface area contributed by atoms with E-state index < -0.39 is 10.0 Å². The molecule has 0 aliphatic rings. The first-order valence-corrected chi connectivity index (χ1v) is 12.6. The van der Waals surface area contributed by atoms with Crippen LogP contribution in [0.15, 0.2) is 108 Å². The van der Waals surface area contributed by atoms with Gasteiger partial charge in [-0.3, -0.25) is 9.10 Å². The van der Waals surface area contributed by atoms with Gasteiger partial charge in [-0.1, -0.05) is 41.9 Å². The van der Waals surface area contributed by atoms with Crippen LogP contribution in [-0.2, 0) is 16.6 Å². The Balaban J connectivity index is 1.61. The van der Waals surface area contributed by atoms with Crippen molar-refractivity contribution in [1.29, 1.82) is 0 Å². The number of benzene rings is 4. The molecule has 4 aromatic rings. The number of nitrogens with one attached hydrogen (secondary N) is 1. The molecule has 0 saturated carbocycles. The summed E-state index contributed by atoms with van der Waals surface area (Å²) < 4.78 is 33.7. The molecule has 178 valence electrons. The lowest BCUT2D eigenvalue weighted by Gasteiger charge is -2.25. The zero-order chi connectivity index (χ0) is 24.8. The van der Waals surface area contributed by atoms with Crippen molar-refractivity contribution >= 4 is 38.9 Å². The van der Waals surface area contributed by atoms with Crippen molar-refractivity contribution in [2.75, 3.05) is 16.7 Å². The zero-order valence-electron chi connectivity index (χ0n) is 18.9. The van der Waals surface area contributed by atoms with Crippen LogP contribution in [0.4, 0.5) is 11.4 Å². The van der Waals surface area contributed by atoms with E-state index in [2.05, 4.69) is 5.32 Å². The Morgan fingerprint density at radius 1 is 0.857 bits per heavy atom. The average molecular weight is 507 g/mol. The van der Waals surface area contributed by atoms with Crippen molar-refractivity contribution < 1.29 is 17.9 Å². The largest absolute Gasteiger partial charge is 0.497 e. The normalized spacial score (nSPS) is 11.0. The second kappa shape index (κ2) is 10.6. The molecule has 0 radical (unpaired) electrons. The van der Waals surface area contributed by atoms with Crippen molar-refractivity contribution in [2.45, 2.75) is 11.4 Å². The number of rotatable bonds is 8. The maximum atomic E-state index is 13.6. The van der Waals surface area contributed by atoms with E-state index in [0.29, 0.717) is 27.7 Å². The highest BCUT2D eigenvalue weighted by molar-refractivity contribution is 7.92. The SMILES string of the molecule is COc1ccc(N(Cc2ccc(C(=O)Nc3ccccc3)cc2)S(=O)(=O)c2ccc(Cl)cc2)cc1. The van der Waals surface area contributed by atoms with Gasteiger partial charge in [-0.15, -0.1) is 0 Å². The second-order valence-electron chi connectivity index (χ2n) is 7.68. The zero-order valence-corrected chi connectivity index (χ0v) is 20.5. The van der Waals surface area contributed by atoms with Crippen molar-refractivity contribution in [3.05, 3.63) is 119 Å². The summed E-state index contributed by atoms with van der Waals surface area (Å²) in [6.45, 7) is 0.0673. The molecule has 0 aliphatic carbocycles. The summed E-state index contributed by atoms with van der Waals surface area (Å²) in [6, 6.07) is 28.8. The minimum Gasteiger partial charge on any atom is -0.497 e. The molecular weight excluding hydrogens is 484 g/mol. The van der Waals surface area contributed by atoms with E-state index in [-0.39, 0.29) is 17.3 Å². The summed E-state index contributed by atoms with van der Waals surface area (Å²) in [5, 5.41) is 3.29. The monoisotopic (exact) mass is 506 g/mol. The Morgan fingerprint density at radius 3 is 2.09 bits per heavy atom. The van der Waals surface area contributed by atoms with Crippen LogP contribution in [0, 0.1) is 0 Å². The number of sulfonamides is 1. The third-order valence-corrected chi connectivity index (χ3v) is 7.38. The topological polar surface area (TPSA) is 75.7 Å². The first-order chi connectivity index (χ1) is 16.9. The Bertz CT molecular complexity index is 1390. The first-order valence-electron chi connectivity index (χ1n) is 10.7. The Kier molecular flexibility index (Phi) is 7.39. The van der Waals surface area contributed by atoms with E-state index in [9.17, 15) is 13.2 Å². The van der Waals surface area contributed by atoms with Gasteiger partial charge >= 0.3 is 0 Å². The van der Waals surface area contributed by atoms with Gasteiger partial charge in [0.15, 0.2) is 0 Å². The van der Waals surface area contributed by atoms with E-state index in [0.717, 1.165) is 5.56 Å². The van der Waals surface area contributed by atoms with Crippen LogP contribution in [0.1, 0.15) is 15.9 Å². The number of amides is 1. The molecule has 35 heavy (non-hydrogen) atoms. The third-order valence-electron chi connectivity index (χ3n) is 5.34. The predicted molar refractivity (Wildman–Crippen MR) is 139 cm³/mol. The average Bonchev–Trinajstić information content (AvgIpc) is 2.88. The van der Waals surface area contributed by atoms with Crippen molar-refractivity contribution in [1.82, 2.24) is 0 Å². The smallest absolute Gasteiger partial charge is 0.264 e. The maximum absolute atomic E-state index is 13.6. The van der Waals surface area contributed by atoms with Gasteiger partial charge < -0.3 is 10.1 Å². The third kappa shape index (κ3) is 5.82. The molecule has 0 atom stereocenters. The van der Waals surface area contributed by atoms with Crippen LogP contribution < -0.4 is 14.4 Å². The van der Waals surface area contributed by atoms with E-state index in [1.54, 1.807) is 79.9 Å². The van der Waals surface area contributed by atoms with Gasteiger partial charge in [-0.25, -0.2) is 8.42 Å². The number of methoxy groups -OCH3 is 1. The molecular formula is C27H23ClN2O4S. The summed E-state index contributed by atoms with van der Waals surface area (Å²) in [7, 11) is -2.35. The van der Waals surface area contributed by atoms with Crippen molar-refractivity contribution in [3.63, 3.8) is 0 Å². The fourth-order valence-electron chi connectivity index (χ4n) is 3.45. The summed E-state index contributed by atoms with van der Waals surface area (Å²) in [5.74, 6) is 0.370. The number of halogens is 1. The molecule has 1 amide bonds. The van der Waals surface area contributed by atoms with Gasteiger partial charge in [0, 0.05) is 16.3 Å². The number of anilines is 2. The minimum absolute atomic E-state index is 0.0673. The highest BCUT2D eigenvalue weighted by atomic mass is 35.5. The second-order valence-corrected chi connectivity index (χ2v) is 9.98. The molecule has 0 fully saturated rings. The number of carbonyl (C=O) groups excluding carboxylic acids is 1. The molecule has 1 N–H and O–H groups in total. The van der Waals surface area contributed by atoms with Gasteiger partial charge in [0.05, 0.1) is 24.2 Å². The molecule has 4 rings (SSSR count). The number of carbonyl (C=O) groups is 1. The molecule has 6 nitrogen and oxygen atoms in total. The first kappa shape index (κ1) is 24.3. The standard InChI is InChI=1S/C27H23ClN2O4S/c1-34-25-15-13-24(14-16-25)30(35(32,33)26-17-11-22(28)12-18-26)19-20-7-9-21(10-8-20)27(31)29-23-5-3-2-4-6-23/h2-18H,19H2,1H3,(H,29,31). The maximum Gasteiger partial charge on any atom is 0.264 e. The Labute approximate surface area is 209 Å². The molecule has 8 heteroatoms. The summed E-state index contributed by atoms with van der Waals surface area (Å²) in [6.07, 6.45) is 0. The van der Waals surface area contributed by atoms with Crippen LogP contribution in [0.2, 0.25) is 5.02 Å². The molecule has 0 heterocycles. The molecule has 0 unspecified atom stereocenters. The fraction of sp³-hybridized carbons (Fsp3) is 0.0741. The van der Waals surface area contributed by atoms with Crippen LogP contribution >= 0.6 is 11.6 Å². The van der Waals surface area contributed by atoms with E-state index in [1.165, 1.54) is 16.4 Å². The number of hydrogen-bond acceptors (Lipinski definition) is 4. The highest BCUT2D eigenvalue weighted by Gasteiger charge is 2.25. The lowest BCUT2D eigenvalue weighted by atomic mass is 10.1. The molecule has 0 aromatic heterocycles. The summed E-state index contributed by atoms with van der Waals surface area (Å²) in [5.41, 5.74) is 2.36. The fourth-order valence-corrected chi connectivity index (χ4v) is 5.03. The van der Waals surface area contributed by atoms with Gasteiger partial charge in [-0.05, 0) is 78.4 Å². The van der Waals surface area contributed by atoms with Crippen LogP contribution in [-0.4, -0.2) is 21.4 Å². The summed E-state index contributed by atoms with van der Waals surface area (Å²) in [4.78, 5) is 12.7. The molecule has 0 saturated heterocycles. The summed E-state index contributed by atoms with van der Waals surface area (Å²) >= 11 is 5.96. The van der Waals surface area contributed by atoms with Crippen LogP contribution in [0.5, 0.6) is 5.75 Å². The number of para-hydroxylation sites is 1. The molecule has 0 bridgehead atoms. The highest BCUT2D eigenvalue weighted by Crippen LogP contribution is 2.28. The number of hydrogen-bond donors (Lipinski definition) is 1. The van der Waals surface area contributed by atoms with E-state index in [4.69, 9.17) is 16.3 Å². The van der Waals surface area contributed by atoms with Crippen LogP contribution in [0.3, 0.4) is 0 Å². The lowest BCUT2D eigenvalue weighted by Crippen LogP contribution is -2.30. The van der Waals surface area contributed by atoms with Gasteiger partial charge in [-0.2, -0.15) is 0 Å². The Morgan fingerprint density at radius 2 is 1.49 bits per heavy atom. The van der Waals surface area contributed by atoms with Gasteiger partial charge in [0.2, 0.25) is 0 Å². The van der Waals surface area contributed by atoms with Gasteiger partial charge in [0.25, 0.3) is 15.9 Å². The predicted octanol–water partition coefficient (Wildman–Crippen LogP) is 6.00. The molecule has 0 spiro atoms. The Hall–Kier alpha value is -3.81.